The molecule has 7 atom stereocenters. The first-order valence-corrected chi connectivity index (χ1v) is 27.7. The molecule has 0 aromatic carbocycles. The first-order chi connectivity index (χ1) is 31.8. The summed E-state index contributed by atoms with van der Waals surface area (Å²) in [6.07, 6.45) is 52.5. The molecular formula is C56H105NO8. The van der Waals surface area contributed by atoms with E-state index in [1.807, 2.05) is 6.08 Å². The summed E-state index contributed by atoms with van der Waals surface area (Å²) in [6.45, 7) is 3.70. The van der Waals surface area contributed by atoms with Crippen molar-refractivity contribution in [3.05, 3.63) is 36.5 Å². The molecule has 0 bridgehead atoms. The van der Waals surface area contributed by atoms with Crippen LogP contribution < -0.4 is 5.32 Å². The lowest BCUT2D eigenvalue weighted by molar-refractivity contribution is -0.302. The van der Waals surface area contributed by atoms with Crippen molar-refractivity contribution in [1.82, 2.24) is 5.32 Å². The number of ether oxygens (including phenoxy) is 2. The standard InChI is InChI=1S/C56H105NO8/c1-3-5-7-9-11-13-15-16-17-18-19-20-21-22-23-24-25-26-27-28-29-30-31-32-33-34-35-36-37-39-41-43-45-50(59)49(48-64-56-55(63)54(62)53(61)51(47-58)65-56)57-52(60)46-44-42-40-38-14-12-10-8-6-4-2/h8,10,36-37,43,45,49-51,53-56,58-59,61-63H,3-7,9,11-35,38-42,44,46-48H2,1-2H3,(H,57,60)/b10-8-,37-36+,45-43+. The van der Waals surface area contributed by atoms with E-state index in [9.17, 15) is 30.3 Å². The van der Waals surface area contributed by atoms with E-state index in [0.717, 1.165) is 64.2 Å². The van der Waals surface area contributed by atoms with Gasteiger partial charge in [-0.05, 0) is 51.4 Å². The fraction of sp³-hybridized carbons (Fsp3) is 0.875. The molecule has 0 spiro atoms. The van der Waals surface area contributed by atoms with E-state index >= 15 is 0 Å². The molecule has 0 aromatic heterocycles. The van der Waals surface area contributed by atoms with Crippen LogP contribution in [0, 0.1) is 0 Å². The first kappa shape index (κ1) is 61.4. The highest BCUT2D eigenvalue weighted by atomic mass is 16.7. The van der Waals surface area contributed by atoms with Gasteiger partial charge in [0.2, 0.25) is 5.91 Å². The van der Waals surface area contributed by atoms with Gasteiger partial charge >= 0.3 is 0 Å². The minimum Gasteiger partial charge on any atom is -0.394 e. The summed E-state index contributed by atoms with van der Waals surface area (Å²) in [7, 11) is 0. The third-order valence-electron chi connectivity index (χ3n) is 13.2. The molecule has 6 N–H and O–H groups in total. The van der Waals surface area contributed by atoms with Crippen molar-refractivity contribution < 1.29 is 39.8 Å². The zero-order valence-electron chi connectivity index (χ0n) is 42.3. The summed E-state index contributed by atoms with van der Waals surface area (Å²) in [5.74, 6) is -0.198. The highest BCUT2D eigenvalue weighted by molar-refractivity contribution is 5.76. The Morgan fingerprint density at radius 3 is 1.35 bits per heavy atom. The Balaban J connectivity index is 2.14. The maximum Gasteiger partial charge on any atom is 0.220 e. The predicted molar refractivity (Wildman–Crippen MR) is 272 cm³/mol. The second-order valence-electron chi connectivity index (χ2n) is 19.4. The van der Waals surface area contributed by atoms with E-state index in [0.29, 0.717) is 6.42 Å². The number of carbonyl (C=O) groups is 1. The number of unbranched alkanes of at least 4 members (excludes halogenated alkanes) is 33. The summed E-state index contributed by atoms with van der Waals surface area (Å²) in [5.41, 5.74) is 0. The number of hydrogen-bond donors (Lipinski definition) is 6. The minimum atomic E-state index is -1.57. The van der Waals surface area contributed by atoms with Crippen molar-refractivity contribution in [1.29, 1.82) is 0 Å². The maximum absolute atomic E-state index is 12.9. The van der Waals surface area contributed by atoms with E-state index in [4.69, 9.17) is 9.47 Å². The van der Waals surface area contributed by atoms with Crippen LogP contribution in [0.4, 0.5) is 0 Å². The maximum atomic E-state index is 12.9. The average molecular weight is 920 g/mol. The van der Waals surface area contributed by atoms with Gasteiger partial charge < -0.3 is 40.3 Å². The molecule has 0 aromatic rings. The molecule has 382 valence electrons. The molecule has 65 heavy (non-hydrogen) atoms. The highest BCUT2D eigenvalue weighted by Gasteiger charge is 2.44. The number of rotatable bonds is 47. The topological polar surface area (TPSA) is 149 Å². The Bertz CT molecular complexity index is 1110. The van der Waals surface area contributed by atoms with E-state index in [1.54, 1.807) is 6.08 Å². The Morgan fingerprint density at radius 1 is 0.508 bits per heavy atom. The van der Waals surface area contributed by atoms with Gasteiger partial charge in [-0.15, -0.1) is 0 Å². The van der Waals surface area contributed by atoms with Gasteiger partial charge in [0.05, 0.1) is 25.4 Å². The molecule has 0 aliphatic carbocycles. The van der Waals surface area contributed by atoms with Crippen molar-refractivity contribution >= 4 is 5.91 Å². The van der Waals surface area contributed by atoms with Crippen molar-refractivity contribution in [3.8, 4) is 0 Å². The Kier molecular flexibility index (Phi) is 43.6. The average Bonchev–Trinajstić information content (AvgIpc) is 3.31. The van der Waals surface area contributed by atoms with Crippen LogP contribution in [-0.4, -0.2) is 87.5 Å². The lowest BCUT2D eigenvalue weighted by atomic mass is 9.99. The summed E-state index contributed by atoms with van der Waals surface area (Å²) >= 11 is 0. The van der Waals surface area contributed by atoms with Crippen LogP contribution in [0.1, 0.15) is 258 Å². The van der Waals surface area contributed by atoms with Crippen LogP contribution in [0.2, 0.25) is 0 Å². The number of nitrogens with one attached hydrogen (secondary N) is 1. The van der Waals surface area contributed by atoms with Gasteiger partial charge in [-0.2, -0.15) is 0 Å². The number of aliphatic hydroxyl groups excluding tert-OH is 5. The second-order valence-corrected chi connectivity index (χ2v) is 19.4. The highest BCUT2D eigenvalue weighted by Crippen LogP contribution is 2.23. The number of carbonyl (C=O) groups excluding carboxylic acids is 1. The third kappa shape index (κ3) is 36.1. The molecule has 1 rings (SSSR count). The molecule has 7 unspecified atom stereocenters. The first-order valence-electron chi connectivity index (χ1n) is 27.7. The fourth-order valence-corrected chi connectivity index (χ4v) is 8.76. The van der Waals surface area contributed by atoms with E-state index in [1.165, 1.54) is 173 Å². The minimum absolute atomic E-state index is 0.198. The molecule has 1 heterocycles. The zero-order chi connectivity index (χ0) is 47.3. The van der Waals surface area contributed by atoms with E-state index in [2.05, 4.69) is 43.5 Å². The van der Waals surface area contributed by atoms with Gasteiger partial charge in [0, 0.05) is 6.42 Å². The molecule has 0 saturated carbocycles. The van der Waals surface area contributed by atoms with Gasteiger partial charge in [0.1, 0.15) is 24.4 Å². The Morgan fingerprint density at radius 2 is 0.908 bits per heavy atom. The Labute approximate surface area is 400 Å². The summed E-state index contributed by atoms with van der Waals surface area (Å²) < 4.78 is 11.2. The van der Waals surface area contributed by atoms with Crippen molar-refractivity contribution in [2.45, 2.75) is 301 Å². The SMILES string of the molecule is CCC/C=C\CCCCCCCC(=O)NC(COC1OC(CO)C(O)C(O)C1O)C(O)/C=C/CC/C=C/CCCCCCCCCCCCCCCCCCCCCCCCCCCC. The van der Waals surface area contributed by atoms with E-state index < -0.39 is 49.5 Å². The number of amides is 1. The number of hydrogen-bond acceptors (Lipinski definition) is 8. The quantitative estimate of drug-likeness (QED) is 0.0261. The molecule has 9 nitrogen and oxygen atoms in total. The molecule has 1 amide bonds. The predicted octanol–water partition coefficient (Wildman–Crippen LogP) is 13.2. The number of allylic oxidation sites excluding steroid dienone is 5. The van der Waals surface area contributed by atoms with Crippen LogP contribution in [-0.2, 0) is 14.3 Å². The summed E-state index contributed by atoms with van der Waals surface area (Å²) in [5, 5.41) is 54.2. The second kappa shape index (κ2) is 46.2. The van der Waals surface area contributed by atoms with Crippen molar-refractivity contribution in [3.63, 3.8) is 0 Å². The lowest BCUT2D eigenvalue weighted by Crippen LogP contribution is -2.60. The van der Waals surface area contributed by atoms with Crippen molar-refractivity contribution in [2.75, 3.05) is 13.2 Å². The molecule has 0 radical (unpaired) electrons. The molecular weight excluding hydrogens is 815 g/mol. The fourth-order valence-electron chi connectivity index (χ4n) is 8.76. The molecule has 1 fully saturated rings. The third-order valence-corrected chi connectivity index (χ3v) is 13.2. The van der Waals surface area contributed by atoms with Gasteiger partial charge in [0.25, 0.3) is 0 Å². The normalized spacial score (nSPS) is 20.1. The van der Waals surface area contributed by atoms with Crippen LogP contribution in [0.3, 0.4) is 0 Å². The van der Waals surface area contributed by atoms with Crippen LogP contribution in [0.5, 0.6) is 0 Å². The van der Waals surface area contributed by atoms with Crippen LogP contribution in [0.15, 0.2) is 36.5 Å². The number of aliphatic hydroxyl groups is 5. The molecule has 9 heteroatoms. The van der Waals surface area contributed by atoms with Gasteiger partial charge in [-0.25, -0.2) is 0 Å². The van der Waals surface area contributed by atoms with Crippen LogP contribution in [0.25, 0.3) is 0 Å². The van der Waals surface area contributed by atoms with Gasteiger partial charge in [0.15, 0.2) is 6.29 Å². The summed E-state index contributed by atoms with van der Waals surface area (Å²) in [4.78, 5) is 12.9. The lowest BCUT2D eigenvalue weighted by Gasteiger charge is -2.40. The van der Waals surface area contributed by atoms with Crippen molar-refractivity contribution in [2.24, 2.45) is 0 Å². The summed E-state index contributed by atoms with van der Waals surface area (Å²) in [6, 6.07) is -0.824. The largest absolute Gasteiger partial charge is 0.394 e. The van der Waals surface area contributed by atoms with Gasteiger partial charge in [-0.3, -0.25) is 4.79 Å². The zero-order valence-corrected chi connectivity index (χ0v) is 42.3. The van der Waals surface area contributed by atoms with E-state index in [-0.39, 0.29) is 12.5 Å². The molecule has 1 saturated heterocycles. The molecule has 1 aliphatic rings. The monoisotopic (exact) mass is 920 g/mol. The van der Waals surface area contributed by atoms with Gasteiger partial charge in [-0.1, -0.05) is 237 Å². The Hall–Kier alpha value is -1.59. The molecule has 1 aliphatic heterocycles. The van der Waals surface area contributed by atoms with Crippen LogP contribution >= 0.6 is 0 Å². The smallest absolute Gasteiger partial charge is 0.220 e.